The Bertz CT molecular complexity index is 2180. The van der Waals surface area contributed by atoms with Crippen LogP contribution in [-0.2, 0) is 0 Å². The molecule has 226 valence electrons. The fourth-order valence-corrected chi connectivity index (χ4v) is 6.52. The molecule has 0 aliphatic carbocycles. The van der Waals surface area contributed by atoms with Crippen molar-refractivity contribution in [2.24, 2.45) is 0 Å². The van der Waals surface area contributed by atoms with Gasteiger partial charge in [0.05, 0.1) is 33.9 Å². The summed E-state index contributed by atoms with van der Waals surface area (Å²) in [5.41, 5.74) is 14.2. The first-order valence-electron chi connectivity index (χ1n) is 15.8. The molecule has 1 N–H and O–H groups in total. The molecule has 2 aliphatic rings. The minimum absolute atomic E-state index is 0.723. The van der Waals surface area contributed by atoms with E-state index in [1.54, 1.807) is 12.4 Å². The summed E-state index contributed by atoms with van der Waals surface area (Å²) in [4.78, 5) is 23.2. The molecule has 2 aromatic carbocycles. The lowest BCUT2D eigenvalue weighted by atomic mass is 10.0. The van der Waals surface area contributed by atoms with Gasteiger partial charge in [0.2, 0.25) is 0 Å². The number of aromatic amines is 1. The second kappa shape index (κ2) is 11.6. The van der Waals surface area contributed by atoms with Crippen molar-refractivity contribution >= 4 is 46.5 Å². The van der Waals surface area contributed by atoms with Crippen molar-refractivity contribution < 1.29 is 4.42 Å². The molecule has 7 heterocycles. The fraction of sp³-hybridized carbons (Fsp3) is 0. The second-order valence-corrected chi connectivity index (χ2v) is 11.6. The number of benzene rings is 2. The summed E-state index contributed by atoms with van der Waals surface area (Å²) in [5.74, 6) is 0. The van der Waals surface area contributed by atoms with Crippen LogP contribution in [-0.4, -0.2) is 24.9 Å². The van der Waals surface area contributed by atoms with E-state index >= 15 is 0 Å². The maximum absolute atomic E-state index is 6.81. The quantitative estimate of drug-likeness (QED) is 0.213. The summed E-state index contributed by atoms with van der Waals surface area (Å²) in [6, 6.07) is 36.9. The standard InChI is InChI=1S/C42H27N5O/c1-3-9-27(10-4-1)41-35-19-17-33(46-35)39(29-13-7-23-43-25-29)31-15-16-32(45-31)40(30-14-8-24-44-26-30)34-18-20-36(47-34)42(28-11-5-2-6-12-28)38-22-21-37(41)48-38/h1-26,45H. The largest absolute Gasteiger partial charge is 0.456 e. The van der Waals surface area contributed by atoms with E-state index in [0.717, 1.165) is 89.5 Å². The van der Waals surface area contributed by atoms with E-state index in [9.17, 15) is 0 Å². The smallest absolute Gasteiger partial charge is 0.137 e. The third-order valence-corrected chi connectivity index (χ3v) is 8.65. The van der Waals surface area contributed by atoms with Gasteiger partial charge in [-0.2, -0.15) is 0 Å². The molecule has 0 spiro atoms. The maximum atomic E-state index is 6.81. The molecule has 0 saturated heterocycles. The molecular formula is C42H27N5O. The van der Waals surface area contributed by atoms with Gasteiger partial charge in [-0.15, -0.1) is 0 Å². The molecule has 0 saturated carbocycles. The van der Waals surface area contributed by atoms with Gasteiger partial charge in [0, 0.05) is 58.1 Å². The third-order valence-electron chi connectivity index (χ3n) is 8.65. The molecule has 2 aliphatic heterocycles. The Labute approximate surface area is 276 Å². The van der Waals surface area contributed by atoms with Crippen molar-refractivity contribution in [2.75, 3.05) is 0 Å². The molecule has 0 radical (unpaired) electrons. The molecule has 6 nitrogen and oxygen atoms in total. The summed E-state index contributed by atoms with van der Waals surface area (Å²) in [7, 11) is 0. The van der Waals surface area contributed by atoms with Crippen molar-refractivity contribution in [1.29, 1.82) is 0 Å². The summed E-state index contributed by atoms with van der Waals surface area (Å²) >= 11 is 0. The van der Waals surface area contributed by atoms with E-state index in [1.807, 2.05) is 73.1 Å². The van der Waals surface area contributed by atoms with Crippen LogP contribution in [0.5, 0.6) is 0 Å². The van der Waals surface area contributed by atoms with Crippen LogP contribution in [0.15, 0.2) is 138 Å². The summed E-state index contributed by atoms with van der Waals surface area (Å²) in [6.45, 7) is 0. The van der Waals surface area contributed by atoms with Gasteiger partial charge in [-0.05, 0) is 71.8 Å². The monoisotopic (exact) mass is 617 g/mol. The zero-order chi connectivity index (χ0) is 31.9. The topological polar surface area (TPSA) is 80.5 Å². The molecule has 8 bridgehead atoms. The number of H-pyrrole nitrogens is 1. The van der Waals surface area contributed by atoms with E-state index in [2.05, 4.69) is 87.8 Å². The van der Waals surface area contributed by atoms with Gasteiger partial charge >= 0.3 is 0 Å². The molecule has 6 heteroatoms. The van der Waals surface area contributed by atoms with Crippen LogP contribution in [0.3, 0.4) is 0 Å². The average Bonchev–Trinajstić information content (AvgIpc) is 3.98. The lowest BCUT2D eigenvalue weighted by molar-refractivity contribution is 0.667. The molecule has 0 amide bonds. The molecule has 7 aromatic rings. The minimum atomic E-state index is 0.723. The average molecular weight is 618 g/mol. The molecule has 0 atom stereocenters. The van der Waals surface area contributed by atoms with Crippen LogP contribution >= 0.6 is 0 Å². The number of hydrogen-bond acceptors (Lipinski definition) is 5. The number of nitrogens with one attached hydrogen (secondary N) is 1. The zero-order valence-electron chi connectivity index (χ0n) is 25.7. The Morgan fingerprint density at radius 1 is 0.396 bits per heavy atom. The van der Waals surface area contributed by atoms with E-state index in [0.29, 0.717) is 0 Å². The lowest BCUT2D eigenvalue weighted by Gasteiger charge is -2.06. The number of furan rings is 1. The first kappa shape index (κ1) is 27.6. The van der Waals surface area contributed by atoms with Crippen molar-refractivity contribution in [2.45, 2.75) is 0 Å². The van der Waals surface area contributed by atoms with Crippen LogP contribution in [0.25, 0.3) is 91.0 Å². The van der Waals surface area contributed by atoms with Crippen LogP contribution < -0.4 is 0 Å². The SMILES string of the molecule is C1=Cc2nc1c(-c1cccnc1)c1ccc([nH]1)c(-c1cccnc1)c1nc(c(-c3ccccc3)c3ccc(o3)c2-c2ccccc2)C=C1. The molecule has 0 fully saturated rings. The van der Waals surface area contributed by atoms with Gasteiger partial charge in [0.15, 0.2) is 0 Å². The molecular weight excluding hydrogens is 590 g/mol. The molecule has 0 unspecified atom stereocenters. The first-order chi connectivity index (χ1) is 23.8. The van der Waals surface area contributed by atoms with E-state index in [4.69, 9.17) is 14.4 Å². The van der Waals surface area contributed by atoms with Crippen LogP contribution in [0.4, 0.5) is 0 Å². The Morgan fingerprint density at radius 2 is 0.812 bits per heavy atom. The van der Waals surface area contributed by atoms with Crippen molar-refractivity contribution in [3.8, 4) is 44.5 Å². The summed E-state index contributed by atoms with van der Waals surface area (Å²) in [6.07, 6.45) is 15.6. The second-order valence-electron chi connectivity index (χ2n) is 11.6. The highest BCUT2D eigenvalue weighted by Gasteiger charge is 2.19. The first-order valence-corrected chi connectivity index (χ1v) is 15.8. The Hall–Kier alpha value is -6.66. The number of hydrogen-bond donors (Lipinski definition) is 1. The van der Waals surface area contributed by atoms with Crippen LogP contribution in [0, 0.1) is 0 Å². The van der Waals surface area contributed by atoms with Crippen LogP contribution in [0.1, 0.15) is 22.8 Å². The number of rotatable bonds is 4. The highest BCUT2D eigenvalue weighted by Crippen LogP contribution is 2.38. The Morgan fingerprint density at radius 3 is 1.23 bits per heavy atom. The van der Waals surface area contributed by atoms with Gasteiger partial charge in [0.25, 0.3) is 0 Å². The zero-order valence-corrected chi connectivity index (χ0v) is 25.7. The van der Waals surface area contributed by atoms with E-state index in [1.165, 1.54) is 0 Å². The van der Waals surface area contributed by atoms with Crippen molar-refractivity contribution in [1.82, 2.24) is 24.9 Å². The van der Waals surface area contributed by atoms with E-state index < -0.39 is 0 Å². The van der Waals surface area contributed by atoms with Gasteiger partial charge in [-0.3, -0.25) is 9.97 Å². The summed E-state index contributed by atoms with van der Waals surface area (Å²) < 4.78 is 6.81. The van der Waals surface area contributed by atoms with Crippen molar-refractivity contribution in [3.05, 3.63) is 157 Å². The van der Waals surface area contributed by atoms with E-state index in [-0.39, 0.29) is 0 Å². The number of nitrogens with zero attached hydrogens (tertiary/aromatic N) is 4. The highest BCUT2D eigenvalue weighted by atomic mass is 16.3. The minimum Gasteiger partial charge on any atom is -0.456 e. The predicted molar refractivity (Wildman–Crippen MR) is 194 cm³/mol. The van der Waals surface area contributed by atoms with Gasteiger partial charge in [-0.1, -0.05) is 72.8 Å². The normalized spacial score (nSPS) is 12.0. The number of pyridine rings is 2. The molecule has 5 aromatic heterocycles. The highest BCUT2D eigenvalue weighted by molar-refractivity contribution is 5.98. The predicted octanol–water partition coefficient (Wildman–Crippen LogP) is 10.4. The number of aromatic nitrogens is 5. The maximum Gasteiger partial charge on any atom is 0.137 e. The van der Waals surface area contributed by atoms with Crippen molar-refractivity contribution in [3.63, 3.8) is 0 Å². The lowest BCUT2D eigenvalue weighted by Crippen LogP contribution is -1.89. The molecule has 9 rings (SSSR count). The van der Waals surface area contributed by atoms with Gasteiger partial charge < -0.3 is 9.40 Å². The Kier molecular flexibility index (Phi) is 6.68. The summed E-state index contributed by atoms with van der Waals surface area (Å²) in [5, 5.41) is 0. The fourth-order valence-electron chi connectivity index (χ4n) is 6.52. The van der Waals surface area contributed by atoms with Crippen LogP contribution in [0.2, 0.25) is 0 Å². The van der Waals surface area contributed by atoms with Gasteiger partial charge in [-0.25, -0.2) is 9.97 Å². The molecule has 48 heavy (non-hydrogen) atoms. The Balaban J connectivity index is 1.49. The third kappa shape index (κ3) is 4.84. The van der Waals surface area contributed by atoms with Gasteiger partial charge in [0.1, 0.15) is 11.2 Å². The number of fused-ring (bicyclic) bond motifs is 8.